The Bertz CT molecular complexity index is 1390. The third kappa shape index (κ3) is 7.64. The van der Waals surface area contributed by atoms with Crippen molar-refractivity contribution in [1.29, 1.82) is 0 Å². The van der Waals surface area contributed by atoms with Crippen LogP contribution in [0.2, 0.25) is 0 Å². The Morgan fingerprint density at radius 1 is 1.15 bits per heavy atom. The number of phenols is 1. The van der Waals surface area contributed by atoms with Crippen molar-refractivity contribution in [2.75, 3.05) is 32.0 Å². The molecule has 2 N–H and O–H groups in total. The molecule has 206 valence electrons. The van der Waals surface area contributed by atoms with E-state index in [4.69, 9.17) is 4.79 Å². The first-order chi connectivity index (χ1) is 18.9. The van der Waals surface area contributed by atoms with Crippen molar-refractivity contribution < 1.29 is 18.6 Å². The molecular formula is C29H34FN5O3S. The largest absolute Gasteiger partial charge is 0.507 e. The zero-order valence-corrected chi connectivity index (χ0v) is 23.2. The summed E-state index contributed by atoms with van der Waals surface area (Å²) in [6.45, 7) is 8.94. The molecule has 0 aliphatic carbocycles. The van der Waals surface area contributed by atoms with Crippen LogP contribution >= 0.6 is 12.1 Å². The molecule has 2 aromatic heterocycles. The first-order valence-corrected chi connectivity index (χ1v) is 13.3. The number of phenolic OH excluding ortho intramolecular Hbond substituents is 1. The number of anilines is 1. The molecule has 5 rings (SSSR count). The number of rotatable bonds is 6. The summed E-state index contributed by atoms with van der Waals surface area (Å²) in [5, 5.41) is 17.9. The van der Waals surface area contributed by atoms with E-state index in [0.717, 1.165) is 61.3 Å². The maximum absolute atomic E-state index is 13.3. The molecular weight excluding hydrogens is 517 g/mol. The van der Waals surface area contributed by atoms with Gasteiger partial charge in [-0.05, 0) is 76.5 Å². The van der Waals surface area contributed by atoms with Crippen molar-refractivity contribution in [3.8, 4) is 17.0 Å². The van der Waals surface area contributed by atoms with Gasteiger partial charge in [-0.3, -0.25) is 4.79 Å². The number of para-hydroxylation sites is 1. The van der Waals surface area contributed by atoms with Crippen LogP contribution in [0, 0.1) is 19.8 Å². The lowest BCUT2D eigenvalue weighted by atomic mass is 9.97. The number of aryl methyl sites for hydroxylation is 2. The third-order valence-electron chi connectivity index (χ3n) is 6.67. The maximum atomic E-state index is 13.3. The molecule has 2 aromatic carbocycles. The fraction of sp³-hybridized carbons (Fsp3) is 0.310. The Hall–Kier alpha value is -3.76. The van der Waals surface area contributed by atoms with Gasteiger partial charge in [0.15, 0.2) is 5.65 Å². The van der Waals surface area contributed by atoms with E-state index >= 15 is 0 Å². The molecule has 8 nitrogen and oxygen atoms in total. The van der Waals surface area contributed by atoms with Gasteiger partial charge in [-0.2, -0.15) is 13.5 Å². The Balaban J connectivity index is 0.000000294. The average Bonchev–Trinajstić information content (AvgIpc) is 3.39. The standard InChI is InChI=1S/C19H22FN5OS.C9H10O.CH2O/c1-24-8-6-13(7-9-24)11-21-18-10-15(14-4-2-3-5-16(14)26)23-19-17(27-20)12-22-25(18)19;1-7-3-4-8(2)9(5-7)6-10;1-2/h2-5,10,12-13,21,26H,6-9,11H2,1H3;3-6H,1-2H3;1H2. The fourth-order valence-electron chi connectivity index (χ4n) is 4.35. The Morgan fingerprint density at radius 2 is 1.87 bits per heavy atom. The molecule has 0 unspecified atom stereocenters. The summed E-state index contributed by atoms with van der Waals surface area (Å²) in [4.78, 5) is 25.6. The van der Waals surface area contributed by atoms with Crippen molar-refractivity contribution in [2.24, 2.45) is 5.92 Å². The molecule has 0 spiro atoms. The second kappa shape index (κ2) is 14.4. The Kier molecular flexibility index (Phi) is 11.0. The van der Waals surface area contributed by atoms with E-state index < -0.39 is 0 Å². The highest BCUT2D eigenvalue weighted by molar-refractivity contribution is 7.94. The van der Waals surface area contributed by atoms with E-state index in [-0.39, 0.29) is 17.9 Å². The van der Waals surface area contributed by atoms with Gasteiger partial charge in [-0.1, -0.05) is 29.8 Å². The predicted octanol–water partition coefficient (Wildman–Crippen LogP) is 5.76. The summed E-state index contributed by atoms with van der Waals surface area (Å²) >= 11 is 0.127. The number of halogens is 1. The van der Waals surface area contributed by atoms with Gasteiger partial charge in [0.25, 0.3) is 0 Å². The van der Waals surface area contributed by atoms with Gasteiger partial charge >= 0.3 is 0 Å². The van der Waals surface area contributed by atoms with E-state index in [1.807, 2.05) is 51.0 Å². The number of fused-ring (bicyclic) bond motifs is 1. The lowest BCUT2D eigenvalue weighted by molar-refractivity contribution is -0.0980. The molecule has 3 heterocycles. The second-order valence-electron chi connectivity index (χ2n) is 9.47. The van der Waals surface area contributed by atoms with Crippen molar-refractivity contribution in [3.05, 3.63) is 71.4 Å². The number of carbonyl (C=O) groups excluding carboxylic acids is 2. The van der Waals surface area contributed by atoms with Gasteiger partial charge in [0, 0.05) is 23.7 Å². The third-order valence-corrected chi connectivity index (χ3v) is 7.13. The number of nitrogens with one attached hydrogen (secondary N) is 1. The monoisotopic (exact) mass is 551 g/mol. The number of hydrogen-bond acceptors (Lipinski definition) is 8. The maximum Gasteiger partial charge on any atom is 0.174 e. The van der Waals surface area contributed by atoms with Crippen LogP contribution in [-0.2, 0) is 4.79 Å². The average molecular weight is 552 g/mol. The molecule has 0 amide bonds. The first-order valence-electron chi connectivity index (χ1n) is 12.6. The van der Waals surface area contributed by atoms with Gasteiger partial charge in [0.05, 0.1) is 24.0 Å². The van der Waals surface area contributed by atoms with Crippen molar-refractivity contribution in [3.63, 3.8) is 0 Å². The molecule has 0 radical (unpaired) electrons. The molecule has 39 heavy (non-hydrogen) atoms. The zero-order valence-electron chi connectivity index (χ0n) is 22.4. The molecule has 0 atom stereocenters. The number of benzene rings is 2. The van der Waals surface area contributed by atoms with Crippen LogP contribution in [0.4, 0.5) is 9.70 Å². The molecule has 1 aliphatic heterocycles. The molecule has 1 saturated heterocycles. The summed E-state index contributed by atoms with van der Waals surface area (Å²) in [7, 11) is 2.15. The summed E-state index contributed by atoms with van der Waals surface area (Å²) in [6.07, 6.45) is 4.66. The molecule has 0 saturated carbocycles. The molecule has 1 aliphatic rings. The number of aromatic nitrogens is 3. The minimum absolute atomic E-state index is 0.127. The molecule has 10 heteroatoms. The minimum atomic E-state index is 0.127. The van der Waals surface area contributed by atoms with E-state index in [2.05, 4.69) is 27.3 Å². The number of likely N-dealkylation sites (tertiary alicyclic amines) is 1. The van der Waals surface area contributed by atoms with Gasteiger partial charge < -0.3 is 20.1 Å². The number of piperidine rings is 1. The Morgan fingerprint density at radius 3 is 2.51 bits per heavy atom. The lowest BCUT2D eigenvalue weighted by Crippen LogP contribution is -2.33. The van der Waals surface area contributed by atoms with Crippen LogP contribution in [-0.4, -0.2) is 64.4 Å². The van der Waals surface area contributed by atoms with Gasteiger partial charge in [0.2, 0.25) is 0 Å². The van der Waals surface area contributed by atoms with E-state index in [1.165, 1.54) is 6.20 Å². The highest BCUT2D eigenvalue weighted by Gasteiger charge is 2.19. The van der Waals surface area contributed by atoms with Gasteiger partial charge in [-0.15, -0.1) is 0 Å². The Labute approximate surface area is 232 Å². The number of nitrogens with zero attached hydrogens (tertiary/aromatic N) is 4. The van der Waals surface area contributed by atoms with Crippen LogP contribution in [0.5, 0.6) is 5.75 Å². The normalized spacial score (nSPS) is 13.6. The quantitative estimate of drug-likeness (QED) is 0.292. The van der Waals surface area contributed by atoms with Crippen LogP contribution < -0.4 is 5.32 Å². The topological polar surface area (TPSA) is 99.8 Å². The lowest BCUT2D eigenvalue weighted by Gasteiger charge is -2.29. The van der Waals surface area contributed by atoms with Crippen molar-refractivity contribution in [2.45, 2.75) is 31.6 Å². The van der Waals surface area contributed by atoms with Crippen LogP contribution in [0.15, 0.2) is 59.6 Å². The highest BCUT2D eigenvalue weighted by atomic mass is 32.2. The first kappa shape index (κ1) is 29.8. The number of hydrogen-bond donors (Lipinski definition) is 2. The summed E-state index contributed by atoms with van der Waals surface area (Å²) < 4.78 is 14.9. The van der Waals surface area contributed by atoms with Crippen LogP contribution in [0.1, 0.15) is 34.3 Å². The highest BCUT2D eigenvalue weighted by Crippen LogP contribution is 2.32. The fourth-order valence-corrected chi connectivity index (χ4v) is 4.64. The SMILES string of the molecule is C=O.CN1CCC(CNc2cc(-c3ccccc3O)nc3c(SF)cnn23)CC1.Cc1ccc(C)c(C=O)c1. The summed E-state index contributed by atoms with van der Waals surface area (Å²) in [5.74, 6) is 1.48. The number of aldehydes is 1. The van der Waals surface area contributed by atoms with E-state index in [0.29, 0.717) is 27.7 Å². The van der Waals surface area contributed by atoms with Gasteiger partial charge in [0.1, 0.15) is 29.5 Å². The molecule has 1 fully saturated rings. The number of carbonyl (C=O) groups is 2. The number of aromatic hydroxyl groups is 1. The molecule has 4 aromatic rings. The van der Waals surface area contributed by atoms with E-state index in [1.54, 1.807) is 22.7 Å². The summed E-state index contributed by atoms with van der Waals surface area (Å²) in [5.41, 5.74) is 4.60. The van der Waals surface area contributed by atoms with Crippen LogP contribution in [0.25, 0.3) is 16.9 Å². The zero-order chi connectivity index (χ0) is 28.4. The summed E-state index contributed by atoms with van der Waals surface area (Å²) in [6, 6.07) is 14.7. The smallest absolute Gasteiger partial charge is 0.174 e. The minimum Gasteiger partial charge on any atom is -0.507 e. The van der Waals surface area contributed by atoms with E-state index in [9.17, 15) is 13.8 Å². The second-order valence-corrected chi connectivity index (χ2v) is 10.1. The van der Waals surface area contributed by atoms with Crippen molar-refractivity contribution >= 4 is 36.7 Å². The predicted molar refractivity (Wildman–Crippen MR) is 154 cm³/mol. The van der Waals surface area contributed by atoms with Gasteiger partial charge in [-0.25, -0.2) is 4.98 Å². The molecule has 0 bridgehead atoms. The van der Waals surface area contributed by atoms with Crippen LogP contribution in [0.3, 0.4) is 0 Å². The van der Waals surface area contributed by atoms with Crippen molar-refractivity contribution in [1.82, 2.24) is 19.5 Å².